The van der Waals surface area contributed by atoms with E-state index in [4.69, 9.17) is 10.5 Å². The molecule has 0 saturated heterocycles. The summed E-state index contributed by atoms with van der Waals surface area (Å²) < 4.78 is 0. The van der Waals surface area contributed by atoms with Gasteiger partial charge in [-0.05, 0) is 6.07 Å². The topological polar surface area (TPSA) is 123 Å². The second-order valence-corrected chi connectivity index (χ2v) is 3.08. The van der Waals surface area contributed by atoms with Gasteiger partial charge in [-0.15, -0.1) is 0 Å². The van der Waals surface area contributed by atoms with Crippen molar-refractivity contribution >= 4 is 76.6 Å². The van der Waals surface area contributed by atoms with Gasteiger partial charge in [0.2, 0.25) is 0 Å². The molecule has 0 fully saturated rings. The van der Waals surface area contributed by atoms with Crippen LogP contribution < -0.4 is 10.7 Å². The number of carbonyl (C=O) groups is 2. The van der Waals surface area contributed by atoms with E-state index in [-0.39, 0.29) is 81.1 Å². The van der Waals surface area contributed by atoms with Crippen molar-refractivity contribution in [3.8, 4) is 6.07 Å². The van der Waals surface area contributed by atoms with Gasteiger partial charge in [-0.2, -0.15) is 5.26 Å². The maximum absolute atomic E-state index is 11.0. The summed E-state index contributed by atoms with van der Waals surface area (Å²) in [5, 5.41) is 17.5. The molecule has 0 aromatic heterocycles. The third-order valence-corrected chi connectivity index (χ3v) is 2.05. The molecule has 0 unspecified atom stereocenters. The van der Waals surface area contributed by atoms with Gasteiger partial charge in [0.15, 0.2) is 0 Å². The Kier molecular flexibility index (Phi) is 6.65. The number of benzene rings is 1. The molecule has 1 aliphatic rings. The van der Waals surface area contributed by atoms with E-state index in [1.165, 1.54) is 0 Å². The Labute approximate surface area is 150 Å². The number of hydrogen-bond donors (Lipinski definition) is 1. The van der Waals surface area contributed by atoms with Crippen LogP contribution in [0, 0.1) is 16.2 Å². The van der Waals surface area contributed by atoms with Crippen molar-refractivity contribution in [1.29, 1.82) is 5.26 Å². The van der Waals surface area contributed by atoms with Crippen molar-refractivity contribution in [3.63, 3.8) is 0 Å². The molecule has 19 heavy (non-hydrogen) atoms. The van der Waals surface area contributed by atoms with E-state index in [0.29, 0.717) is 0 Å². The molecule has 86 valence electrons. The summed E-state index contributed by atoms with van der Waals surface area (Å²) in [6.07, 6.45) is 0. The Morgan fingerprint density at radius 2 is 1.58 bits per heavy atom. The zero-order chi connectivity index (χ0) is 12.6. The van der Waals surface area contributed by atoms with Gasteiger partial charge in [0, 0.05) is 6.07 Å². The summed E-state index contributed by atoms with van der Waals surface area (Å²) in [6.45, 7) is 0. The molecule has 2 rings (SSSR count). The molecule has 0 atom stereocenters. The number of carbonyl (C=O) groups excluding carboxylic acids is 2. The molecule has 0 aliphatic carbocycles. The molecule has 1 aromatic rings. The third-order valence-electron chi connectivity index (χ3n) is 2.05. The molecule has 8 nitrogen and oxygen atoms in total. The van der Waals surface area contributed by atoms with Crippen LogP contribution in [-0.2, 0) is 9.59 Å². The Bertz CT molecular complexity index is 738. The second kappa shape index (κ2) is 7.00. The summed E-state index contributed by atoms with van der Waals surface area (Å²) >= 11 is 0. The van der Waals surface area contributed by atoms with Crippen LogP contribution in [0.3, 0.4) is 0 Å². The summed E-state index contributed by atoms with van der Waals surface area (Å²) in [5.74, 6) is -2.11. The number of amides is 2. The van der Waals surface area contributed by atoms with Crippen molar-refractivity contribution in [2.75, 3.05) is 0 Å². The zero-order valence-electron chi connectivity index (χ0n) is 8.12. The first-order valence-electron chi connectivity index (χ1n) is 4.29. The van der Waals surface area contributed by atoms with Gasteiger partial charge in [-0.1, -0.05) is 0 Å². The first-order valence-corrected chi connectivity index (χ1v) is 4.29. The fourth-order valence-electron chi connectivity index (χ4n) is 1.31. The molecule has 0 spiro atoms. The Morgan fingerprint density at radius 1 is 1.11 bits per heavy atom. The van der Waals surface area contributed by atoms with Crippen LogP contribution >= 0.6 is 0 Å². The molecule has 1 aromatic carbocycles. The molecule has 2 amide bonds. The average Bonchev–Trinajstić information content (AvgIpc) is 2.29. The van der Waals surface area contributed by atoms with Crippen LogP contribution in [0.2, 0.25) is 0 Å². The minimum atomic E-state index is -1.07. The monoisotopic (exact) mass is 279 g/mol. The maximum atomic E-state index is 11.0. The quantitative estimate of drug-likeness (QED) is 0.342. The molecular weight excluding hydrogens is 274 g/mol. The van der Waals surface area contributed by atoms with Crippen molar-refractivity contribution < 1.29 is 19.7 Å². The van der Waals surface area contributed by atoms with Gasteiger partial charge in [-0.25, -0.2) is 15.2 Å². The Hall–Kier alpha value is -0.950. The van der Waals surface area contributed by atoms with Gasteiger partial charge in [-0.3, -0.25) is 9.59 Å². The Morgan fingerprint density at radius 3 is 2.00 bits per heavy atom. The van der Waals surface area contributed by atoms with Crippen LogP contribution in [-0.4, -0.2) is 81.1 Å². The average molecular weight is 279 g/mol. The minimum absolute atomic E-state index is 0. The fourth-order valence-corrected chi connectivity index (χ4v) is 1.31. The van der Waals surface area contributed by atoms with Gasteiger partial charge in [0.05, 0.1) is 10.3 Å². The molecule has 0 radical (unpaired) electrons. The van der Waals surface area contributed by atoms with E-state index in [0.717, 1.165) is 12.1 Å². The number of nitrogens with zero attached hydrogens (tertiary/aromatic N) is 4. The van der Waals surface area contributed by atoms with E-state index in [1.807, 2.05) is 0 Å². The summed E-state index contributed by atoms with van der Waals surface area (Å²) in [7, 11) is 0. The molecule has 0 bridgehead atoms. The van der Waals surface area contributed by atoms with E-state index in [2.05, 4.69) is 9.98 Å². The molecule has 10 heteroatoms. The Balaban J connectivity index is 0.00000162. The second-order valence-electron chi connectivity index (χ2n) is 3.08. The SMILES string of the molecule is N#Cc1cc2c(cc1[N+](=O)O)=NC(=O)C(=O)N=2.[NaH].[NaH]. The molecular formula is C9H5N4Na2O4+. The van der Waals surface area contributed by atoms with Crippen LogP contribution in [0.5, 0.6) is 0 Å². The predicted molar refractivity (Wildman–Crippen MR) is 62.9 cm³/mol. The van der Waals surface area contributed by atoms with Crippen LogP contribution in [0.1, 0.15) is 5.56 Å². The van der Waals surface area contributed by atoms with E-state index >= 15 is 0 Å². The number of fused-ring (bicyclic) bond motifs is 1. The number of nitriles is 1. The third kappa shape index (κ3) is 3.54. The van der Waals surface area contributed by atoms with Crippen LogP contribution in [0.25, 0.3) is 0 Å². The van der Waals surface area contributed by atoms with Gasteiger partial charge >= 0.3 is 76.6 Å². The fraction of sp³-hybridized carbons (Fsp3) is 0. The van der Waals surface area contributed by atoms with Gasteiger partial charge in [0.25, 0.3) is 4.92 Å². The molecule has 1 heterocycles. The van der Waals surface area contributed by atoms with Crippen molar-refractivity contribution in [3.05, 3.63) is 33.3 Å². The molecule has 1 N–H and O–H groups in total. The van der Waals surface area contributed by atoms with Crippen molar-refractivity contribution in [1.82, 2.24) is 0 Å². The molecule has 1 aliphatic heterocycles. The van der Waals surface area contributed by atoms with Crippen LogP contribution in [0.15, 0.2) is 22.1 Å². The van der Waals surface area contributed by atoms with E-state index in [1.54, 1.807) is 6.07 Å². The van der Waals surface area contributed by atoms with Crippen molar-refractivity contribution in [2.24, 2.45) is 9.98 Å². The van der Waals surface area contributed by atoms with Crippen LogP contribution in [0.4, 0.5) is 5.69 Å². The first-order chi connectivity index (χ1) is 8.02. The van der Waals surface area contributed by atoms with Crippen molar-refractivity contribution in [2.45, 2.75) is 0 Å². The van der Waals surface area contributed by atoms with E-state index < -0.39 is 16.7 Å². The standard InChI is InChI=1S/C9H3N4O4.2Na.2H/c10-3-4-1-5-6(2-7(4)13(16)17)12-9(15)8(14)11-5;;;;/h1-2H,(H,16,17);;;;/q+1;;;;. The zero-order valence-corrected chi connectivity index (χ0v) is 8.12. The number of hydrogen-bond acceptors (Lipinski definition) is 4. The van der Waals surface area contributed by atoms with Gasteiger partial charge in [0.1, 0.15) is 17.0 Å². The van der Waals surface area contributed by atoms with E-state index in [9.17, 15) is 14.5 Å². The summed E-state index contributed by atoms with van der Waals surface area (Å²) in [4.78, 5) is 38.9. The molecule has 0 saturated carbocycles. The summed E-state index contributed by atoms with van der Waals surface area (Å²) in [5.41, 5.74) is -0.547. The predicted octanol–water partition coefficient (Wildman–Crippen LogP) is -2.63. The summed E-state index contributed by atoms with van der Waals surface area (Å²) in [6, 6.07) is 3.76. The normalized spacial score (nSPS) is 11.7. The van der Waals surface area contributed by atoms with Gasteiger partial charge < -0.3 is 0 Å². The number of rotatable bonds is 1. The first kappa shape index (κ1) is 18.0.